The highest BCUT2D eigenvalue weighted by Gasteiger charge is 2.69. The van der Waals surface area contributed by atoms with Crippen molar-refractivity contribution in [1.82, 2.24) is 5.32 Å². The van der Waals surface area contributed by atoms with Crippen LogP contribution >= 0.6 is 0 Å². The molecule has 4 fully saturated rings. The monoisotopic (exact) mass is 279 g/mol. The van der Waals surface area contributed by atoms with E-state index in [9.17, 15) is 4.79 Å². The minimum absolute atomic E-state index is 0.0926. The van der Waals surface area contributed by atoms with Crippen molar-refractivity contribution in [2.24, 2.45) is 23.7 Å². The van der Waals surface area contributed by atoms with E-state index in [-0.39, 0.29) is 17.1 Å². The van der Waals surface area contributed by atoms with E-state index in [1.165, 1.54) is 12.8 Å². The lowest BCUT2D eigenvalue weighted by Gasteiger charge is -2.69. The van der Waals surface area contributed by atoms with Crippen molar-refractivity contribution in [2.75, 3.05) is 7.11 Å². The standard InChI is InChI=1S/C17H29NO2/c1-11(2)13-6-5-12(3)7-14(13)15(19)18-16-8-17(9-16,10-16)20-4/h11-14H,5-10H2,1-4H3,(H,18,19)/t12-,13+,14-,16?,17?/m1/s1. The number of hydrogen-bond donors (Lipinski definition) is 1. The molecule has 3 atom stereocenters. The van der Waals surface area contributed by atoms with Crippen LogP contribution in [0.3, 0.4) is 0 Å². The smallest absolute Gasteiger partial charge is 0.223 e. The fraction of sp³-hybridized carbons (Fsp3) is 0.941. The van der Waals surface area contributed by atoms with Gasteiger partial charge in [-0.25, -0.2) is 0 Å². The summed E-state index contributed by atoms with van der Waals surface area (Å²) in [6, 6.07) is 0. The van der Waals surface area contributed by atoms with Crippen LogP contribution in [-0.4, -0.2) is 24.2 Å². The Bertz CT molecular complexity index is 384. The van der Waals surface area contributed by atoms with E-state index in [0.717, 1.165) is 25.7 Å². The zero-order valence-electron chi connectivity index (χ0n) is 13.4. The summed E-state index contributed by atoms with van der Waals surface area (Å²) in [6.07, 6.45) is 6.64. The molecule has 0 aromatic carbocycles. The topological polar surface area (TPSA) is 38.3 Å². The van der Waals surface area contributed by atoms with Crippen molar-refractivity contribution in [3.63, 3.8) is 0 Å². The lowest BCUT2D eigenvalue weighted by molar-refractivity contribution is -0.237. The Balaban J connectivity index is 1.61. The van der Waals surface area contributed by atoms with E-state index in [4.69, 9.17) is 4.74 Å². The van der Waals surface area contributed by atoms with Crippen molar-refractivity contribution >= 4 is 5.91 Å². The molecule has 3 nitrogen and oxygen atoms in total. The summed E-state index contributed by atoms with van der Waals surface area (Å²) in [5.41, 5.74) is 0.208. The maximum atomic E-state index is 12.7. The molecule has 0 aromatic heterocycles. The lowest BCUT2D eigenvalue weighted by atomic mass is 9.46. The van der Waals surface area contributed by atoms with Gasteiger partial charge in [-0.2, -0.15) is 0 Å². The van der Waals surface area contributed by atoms with Crippen LogP contribution in [0, 0.1) is 23.7 Å². The van der Waals surface area contributed by atoms with Gasteiger partial charge in [0.05, 0.1) is 5.60 Å². The van der Waals surface area contributed by atoms with Gasteiger partial charge in [0.25, 0.3) is 0 Å². The second-order valence-electron chi connectivity index (χ2n) is 8.12. The highest BCUT2D eigenvalue weighted by Crippen LogP contribution is 2.62. The first kappa shape index (κ1) is 14.4. The molecule has 0 saturated heterocycles. The van der Waals surface area contributed by atoms with Crippen LogP contribution in [0.5, 0.6) is 0 Å². The van der Waals surface area contributed by atoms with Crippen LogP contribution in [-0.2, 0) is 9.53 Å². The zero-order chi connectivity index (χ0) is 14.5. The second-order valence-corrected chi connectivity index (χ2v) is 8.12. The van der Waals surface area contributed by atoms with Gasteiger partial charge in [0.2, 0.25) is 5.91 Å². The Morgan fingerprint density at radius 2 is 1.90 bits per heavy atom. The van der Waals surface area contributed by atoms with E-state index in [1.54, 1.807) is 7.11 Å². The molecule has 0 heterocycles. The van der Waals surface area contributed by atoms with Gasteiger partial charge in [-0.1, -0.05) is 27.2 Å². The lowest BCUT2D eigenvalue weighted by Crippen LogP contribution is -2.79. The number of nitrogens with one attached hydrogen (secondary N) is 1. The summed E-state index contributed by atoms with van der Waals surface area (Å²) >= 11 is 0. The van der Waals surface area contributed by atoms with Gasteiger partial charge in [-0.05, 0) is 49.9 Å². The normalized spacial score (nSPS) is 46.5. The third kappa shape index (κ3) is 2.18. The van der Waals surface area contributed by atoms with Crippen molar-refractivity contribution < 1.29 is 9.53 Å². The Morgan fingerprint density at radius 1 is 1.25 bits per heavy atom. The number of carbonyl (C=O) groups excluding carboxylic acids is 1. The Labute approximate surface area is 122 Å². The molecule has 0 radical (unpaired) electrons. The SMILES string of the molecule is COC12CC(NC(=O)[C@@H]3C[C@H](C)CC[C@H]3C(C)C)(C1)C2. The van der Waals surface area contributed by atoms with Crippen molar-refractivity contribution in [1.29, 1.82) is 0 Å². The van der Waals surface area contributed by atoms with Gasteiger partial charge in [0.15, 0.2) is 0 Å². The van der Waals surface area contributed by atoms with E-state index >= 15 is 0 Å². The molecular weight excluding hydrogens is 250 g/mol. The molecule has 1 amide bonds. The first-order valence-corrected chi connectivity index (χ1v) is 8.26. The van der Waals surface area contributed by atoms with Crippen LogP contribution in [0.25, 0.3) is 0 Å². The number of methoxy groups -OCH3 is 1. The van der Waals surface area contributed by atoms with Crippen LogP contribution in [0.1, 0.15) is 59.3 Å². The summed E-state index contributed by atoms with van der Waals surface area (Å²) in [5, 5.41) is 3.37. The maximum absolute atomic E-state index is 12.7. The zero-order valence-corrected chi connectivity index (χ0v) is 13.4. The van der Waals surface area contributed by atoms with Crippen molar-refractivity contribution in [2.45, 2.75) is 70.4 Å². The molecule has 1 N–H and O–H groups in total. The van der Waals surface area contributed by atoms with Gasteiger partial charge in [0.1, 0.15) is 0 Å². The third-order valence-electron chi connectivity index (χ3n) is 6.16. The number of amides is 1. The fourth-order valence-corrected chi connectivity index (χ4v) is 4.90. The average Bonchev–Trinajstić information content (AvgIpc) is 2.31. The first-order chi connectivity index (χ1) is 9.39. The highest BCUT2D eigenvalue weighted by atomic mass is 16.5. The quantitative estimate of drug-likeness (QED) is 0.858. The minimum atomic E-state index is 0.0926. The molecule has 2 bridgehead atoms. The predicted molar refractivity (Wildman–Crippen MR) is 79.3 cm³/mol. The van der Waals surface area contributed by atoms with Crippen LogP contribution in [0.15, 0.2) is 0 Å². The average molecular weight is 279 g/mol. The van der Waals surface area contributed by atoms with Gasteiger partial charge in [0, 0.05) is 18.6 Å². The molecule has 4 saturated carbocycles. The second kappa shape index (κ2) is 4.72. The largest absolute Gasteiger partial charge is 0.378 e. The van der Waals surface area contributed by atoms with Gasteiger partial charge >= 0.3 is 0 Å². The first-order valence-electron chi connectivity index (χ1n) is 8.26. The molecule has 0 unspecified atom stereocenters. The van der Waals surface area contributed by atoms with Crippen LogP contribution in [0.4, 0.5) is 0 Å². The highest BCUT2D eigenvalue weighted by molar-refractivity contribution is 5.80. The van der Waals surface area contributed by atoms with Gasteiger partial charge in [-0.15, -0.1) is 0 Å². The molecule has 4 rings (SSSR count). The van der Waals surface area contributed by atoms with Crippen molar-refractivity contribution in [3.05, 3.63) is 0 Å². The summed E-state index contributed by atoms with van der Waals surface area (Å²) in [4.78, 5) is 12.7. The molecule has 4 aliphatic carbocycles. The van der Waals surface area contributed by atoms with E-state index in [2.05, 4.69) is 26.1 Å². The van der Waals surface area contributed by atoms with Crippen molar-refractivity contribution in [3.8, 4) is 0 Å². The van der Waals surface area contributed by atoms with E-state index in [0.29, 0.717) is 23.7 Å². The Kier molecular flexibility index (Phi) is 3.39. The Hall–Kier alpha value is -0.570. The maximum Gasteiger partial charge on any atom is 0.223 e. The minimum Gasteiger partial charge on any atom is -0.378 e. The molecule has 0 aromatic rings. The number of rotatable bonds is 4. The number of hydrogen-bond acceptors (Lipinski definition) is 2. The molecule has 0 spiro atoms. The molecular formula is C17H29NO2. The molecule has 114 valence electrons. The molecule has 4 aliphatic rings. The van der Waals surface area contributed by atoms with E-state index in [1.807, 2.05) is 0 Å². The van der Waals surface area contributed by atoms with Crippen LogP contribution in [0.2, 0.25) is 0 Å². The summed E-state index contributed by atoms with van der Waals surface area (Å²) in [7, 11) is 1.79. The fourth-order valence-electron chi connectivity index (χ4n) is 4.90. The van der Waals surface area contributed by atoms with Gasteiger partial charge < -0.3 is 10.1 Å². The number of ether oxygens (including phenoxy) is 1. The Morgan fingerprint density at radius 3 is 2.45 bits per heavy atom. The van der Waals surface area contributed by atoms with E-state index < -0.39 is 0 Å². The third-order valence-corrected chi connectivity index (χ3v) is 6.16. The molecule has 20 heavy (non-hydrogen) atoms. The van der Waals surface area contributed by atoms with Crippen LogP contribution < -0.4 is 5.32 Å². The van der Waals surface area contributed by atoms with Gasteiger partial charge in [-0.3, -0.25) is 4.79 Å². The summed E-state index contributed by atoms with van der Waals surface area (Å²) < 4.78 is 5.52. The number of carbonyl (C=O) groups is 1. The predicted octanol–water partition coefficient (Wildman–Crippen LogP) is 3.13. The summed E-state index contributed by atoms with van der Waals surface area (Å²) in [6.45, 7) is 6.82. The molecule has 0 aliphatic heterocycles. The molecule has 3 heteroatoms. The summed E-state index contributed by atoms with van der Waals surface area (Å²) in [5.74, 6) is 2.41.